The predicted molar refractivity (Wildman–Crippen MR) is 63.6 cm³/mol. The van der Waals surface area contributed by atoms with E-state index < -0.39 is 17.4 Å². The Balaban J connectivity index is 2.47. The first-order valence-corrected chi connectivity index (χ1v) is 5.88. The van der Waals surface area contributed by atoms with Gasteiger partial charge in [-0.25, -0.2) is 8.78 Å². The SMILES string of the molecule is Cc1cc(C(=O)c2cccc(F)c2F)sc1C. The fourth-order valence-corrected chi connectivity index (χ4v) is 2.49. The molecule has 1 aromatic carbocycles. The van der Waals surface area contributed by atoms with Crippen LogP contribution in [0.15, 0.2) is 24.3 Å². The van der Waals surface area contributed by atoms with Gasteiger partial charge in [-0.2, -0.15) is 0 Å². The molecule has 0 aliphatic heterocycles. The van der Waals surface area contributed by atoms with E-state index in [9.17, 15) is 13.6 Å². The van der Waals surface area contributed by atoms with Gasteiger partial charge in [-0.3, -0.25) is 4.79 Å². The second-order valence-corrected chi connectivity index (χ2v) is 5.04. The van der Waals surface area contributed by atoms with Crippen molar-refractivity contribution >= 4 is 17.1 Å². The van der Waals surface area contributed by atoms with Gasteiger partial charge in [0.2, 0.25) is 5.78 Å². The number of benzene rings is 1. The standard InChI is InChI=1S/C13H10F2OS/c1-7-6-11(17-8(7)2)13(16)9-4-3-5-10(14)12(9)15/h3-6H,1-2H3. The normalized spacial score (nSPS) is 10.6. The number of halogens is 2. The first-order chi connectivity index (χ1) is 8.00. The van der Waals surface area contributed by atoms with Crippen molar-refractivity contribution in [1.82, 2.24) is 0 Å². The fourth-order valence-electron chi connectivity index (χ4n) is 1.50. The lowest BCUT2D eigenvalue weighted by Crippen LogP contribution is -2.03. The van der Waals surface area contributed by atoms with Crippen molar-refractivity contribution in [1.29, 1.82) is 0 Å². The van der Waals surface area contributed by atoms with E-state index in [1.54, 1.807) is 6.07 Å². The Kier molecular flexibility index (Phi) is 3.07. The van der Waals surface area contributed by atoms with Crippen LogP contribution in [-0.2, 0) is 0 Å². The number of thiophene rings is 1. The molecule has 0 saturated carbocycles. The summed E-state index contributed by atoms with van der Waals surface area (Å²) in [6.07, 6.45) is 0. The van der Waals surface area contributed by atoms with Gasteiger partial charge in [0.1, 0.15) is 0 Å². The Bertz CT molecular complexity index is 568. The molecule has 17 heavy (non-hydrogen) atoms. The van der Waals surface area contributed by atoms with Crippen molar-refractivity contribution in [3.8, 4) is 0 Å². The minimum Gasteiger partial charge on any atom is -0.288 e. The van der Waals surface area contributed by atoms with Gasteiger partial charge >= 0.3 is 0 Å². The monoisotopic (exact) mass is 252 g/mol. The van der Waals surface area contributed by atoms with Crippen molar-refractivity contribution < 1.29 is 13.6 Å². The number of carbonyl (C=O) groups excluding carboxylic acids is 1. The second kappa shape index (κ2) is 4.37. The van der Waals surface area contributed by atoms with Crippen LogP contribution in [0.5, 0.6) is 0 Å². The number of aryl methyl sites for hydroxylation is 2. The maximum atomic E-state index is 13.5. The van der Waals surface area contributed by atoms with E-state index in [1.807, 2.05) is 13.8 Å². The van der Waals surface area contributed by atoms with Crippen LogP contribution in [0.25, 0.3) is 0 Å². The van der Waals surface area contributed by atoms with Crippen LogP contribution in [0.4, 0.5) is 8.78 Å². The Morgan fingerprint density at radius 2 is 1.94 bits per heavy atom. The Morgan fingerprint density at radius 1 is 1.24 bits per heavy atom. The first kappa shape index (κ1) is 11.9. The maximum Gasteiger partial charge on any atom is 0.206 e. The molecule has 4 heteroatoms. The zero-order chi connectivity index (χ0) is 12.6. The highest BCUT2D eigenvalue weighted by molar-refractivity contribution is 7.14. The lowest BCUT2D eigenvalue weighted by Gasteiger charge is -2.00. The number of hydrogen-bond acceptors (Lipinski definition) is 2. The van der Waals surface area contributed by atoms with Crippen LogP contribution >= 0.6 is 11.3 Å². The molecule has 0 unspecified atom stereocenters. The summed E-state index contributed by atoms with van der Waals surface area (Å²) >= 11 is 1.29. The molecule has 1 aromatic heterocycles. The molecule has 0 atom stereocenters. The zero-order valence-electron chi connectivity index (χ0n) is 9.38. The molecule has 2 rings (SSSR count). The molecule has 0 radical (unpaired) electrons. The van der Waals surface area contributed by atoms with Gasteiger partial charge in [0.05, 0.1) is 10.4 Å². The average molecular weight is 252 g/mol. The molecule has 0 amide bonds. The van der Waals surface area contributed by atoms with Crippen LogP contribution < -0.4 is 0 Å². The summed E-state index contributed by atoms with van der Waals surface area (Å²) in [7, 11) is 0. The van der Waals surface area contributed by atoms with E-state index in [-0.39, 0.29) is 5.56 Å². The van der Waals surface area contributed by atoms with E-state index in [2.05, 4.69) is 0 Å². The van der Waals surface area contributed by atoms with Crippen molar-refractivity contribution in [2.24, 2.45) is 0 Å². The van der Waals surface area contributed by atoms with Gasteiger partial charge in [0, 0.05) is 4.88 Å². The van der Waals surface area contributed by atoms with Gasteiger partial charge < -0.3 is 0 Å². The molecule has 2 aromatic rings. The van der Waals surface area contributed by atoms with Crippen molar-refractivity contribution in [3.63, 3.8) is 0 Å². The van der Waals surface area contributed by atoms with Gasteiger partial charge in [0.25, 0.3) is 0 Å². The summed E-state index contributed by atoms with van der Waals surface area (Å²) < 4.78 is 26.5. The third-order valence-electron chi connectivity index (χ3n) is 2.59. The summed E-state index contributed by atoms with van der Waals surface area (Å²) in [6, 6.07) is 5.33. The molecule has 0 saturated heterocycles. The Morgan fingerprint density at radius 3 is 2.53 bits per heavy atom. The number of hydrogen-bond donors (Lipinski definition) is 0. The van der Waals surface area contributed by atoms with Gasteiger partial charge in [-0.05, 0) is 37.6 Å². The van der Waals surface area contributed by atoms with E-state index in [1.165, 1.54) is 23.5 Å². The molecule has 0 aliphatic rings. The van der Waals surface area contributed by atoms with Crippen molar-refractivity contribution in [2.45, 2.75) is 13.8 Å². The lowest BCUT2D eigenvalue weighted by molar-refractivity contribution is 0.103. The van der Waals surface area contributed by atoms with Crippen molar-refractivity contribution in [3.05, 3.63) is 56.8 Å². The van der Waals surface area contributed by atoms with E-state index in [0.29, 0.717) is 4.88 Å². The predicted octanol–water partition coefficient (Wildman–Crippen LogP) is 3.87. The molecular formula is C13H10F2OS. The highest BCUT2D eigenvalue weighted by Crippen LogP contribution is 2.24. The molecular weight excluding hydrogens is 242 g/mol. The van der Waals surface area contributed by atoms with E-state index >= 15 is 0 Å². The molecule has 88 valence electrons. The van der Waals surface area contributed by atoms with Gasteiger partial charge in [0.15, 0.2) is 11.6 Å². The molecule has 1 heterocycles. The molecule has 1 nitrogen and oxygen atoms in total. The minimum atomic E-state index is -1.08. The summed E-state index contributed by atoms with van der Waals surface area (Å²) in [5.41, 5.74) is 0.765. The van der Waals surface area contributed by atoms with Crippen LogP contribution in [0.1, 0.15) is 25.7 Å². The van der Waals surface area contributed by atoms with Crippen LogP contribution in [-0.4, -0.2) is 5.78 Å². The summed E-state index contributed by atoms with van der Waals surface area (Å²) in [5, 5.41) is 0. The van der Waals surface area contributed by atoms with Crippen LogP contribution in [0.3, 0.4) is 0 Å². The molecule has 0 aliphatic carbocycles. The third kappa shape index (κ3) is 2.13. The van der Waals surface area contributed by atoms with E-state index in [4.69, 9.17) is 0 Å². The Hall–Kier alpha value is -1.55. The second-order valence-electron chi connectivity index (χ2n) is 3.78. The topological polar surface area (TPSA) is 17.1 Å². The largest absolute Gasteiger partial charge is 0.288 e. The number of ketones is 1. The minimum absolute atomic E-state index is 0.216. The van der Waals surface area contributed by atoms with Crippen LogP contribution in [0, 0.1) is 25.5 Å². The quantitative estimate of drug-likeness (QED) is 0.741. The average Bonchev–Trinajstić information content (AvgIpc) is 2.62. The van der Waals surface area contributed by atoms with Gasteiger partial charge in [-0.15, -0.1) is 11.3 Å². The number of rotatable bonds is 2. The molecule has 0 fully saturated rings. The van der Waals surface area contributed by atoms with Crippen LogP contribution in [0.2, 0.25) is 0 Å². The lowest BCUT2D eigenvalue weighted by atomic mass is 10.1. The maximum absolute atomic E-state index is 13.5. The van der Waals surface area contributed by atoms with Gasteiger partial charge in [-0.1, -0.05) is 6.07 Å². The van der Waals surface area contributed by atoms with E-state index in [0.717, 1.165) is 16.5 Å². The summed E-state index contributed by atoms with van der Waals surface area (Å²) in [4.78, 5) is 13.4. The first-order valence-electron chi connectivity index (χ1n) is 5.06. The highest BCUT2D eigenvalue weighted by Gasteiger charge is 2.18. The van der Waals surface area contributed by atoms with Crippen molar-refractivity contribution in [2.75, 3.05) is 0 Å². The Labute approximate surface area is 102 Å². The molecule has 0 N–H and O–H groups in total. The molecule has 0 spiro atoms. The smallest absolute Gasteiger partial charge is 0.206 e. The third-order valence-corrected chi connectivity index (χ3v) is 3.74. The summed E-state index contributed by atoms with van der Waals surface area (Å²) in [5.74, 6) is -2.55. The highest BCUT2D eigenvalue weighted by atomic mass is 32.1. The zero-order valence-corrected chi connectivity index (χ0v) is 10.2. The summed E-state index contributed by atoms with van der Waals surface area (Å²) in [6.45, 7) is 3.77. The molecule has 0 bridgehead atoms. The number of carbonyl (C=O) groups is 1. The fraction of sp³-hybridized carbons (Fsp3) is 0.154.